The molecule has 0 N–H and O–H groups in total. The Balaban J connectivity index is 1.45. The molecule has 2 aromatic rings. The first-order valence-electron chi connectivity index (χ1n) is 7.71. The van der Waals surface area contributed by atoms with Gasteiger partial charge < -0.3 is 14.2 Å². The number of hydrogen-bond acceptors (Lipinski definition) is 4. The van der Waals surface area contributed by atoms with Crippen LogP contribution in [0, 0.1) is 0 Å². The molecule has 1 saturated heterocycles. The summed E-state index contributed by atoms with van der Waals surface area (Å²) in [4.78, 5) is 9.31. The summed E-state index contributed by atoms with van der Waals surface area (Å²) in [5.41, 5.74) is 2.30. The average molecular weight is 288 g/mol. The molecule has 1 aliphatic heterocycles. The summed E-state index contributed by atoms with van der Waals surface area (Å²) in [6.45, 7) is 8.16. The lowest BCUT2D eigenvalue weighted by atomic mass is 10.3. The minimum Gasteiger partial charge on any atom is -0.379 e. The van der Waals surface area contributed by atoms with Crippen LogP contribution < -0.4 is 0 Å². The molecule has 0 spiro atoms. The minimum absolute atomic E-state index is 0.880. The number of imidazole rings is 1. The highest BCUT2D eigenvalue weighted by Crippen LogP contribution is 2.11. The summed E-state index contributed by atoms with van der Waals surface area (Å²) in [7, 11) is 2.19. The molecule has 5 heteroatoms. The van der Waals surface area contributed by atoms with E-state index in [9.17, 15) is 0 Å². The molecule has 1 fully saturated rings. The van der Waals surface area contributed by atoms with Gasteiger partial charge in [0.05, 0.1) is 30.6 Å². The van der Waals surface area contributed by atoms with E-state index in [-0.39, 0.29) is 0 Å². The van der Waals surface area contributed by atoms with E-state index in [2.05, 4.69) is 44.6 Å². The fourth-order valence-corrected chi connectivity index (χ4v) is 2.72. The number of fused-ring (bicyclic) bond motifs is 1. The number of para-hydroxylation sites is 2. The van der Waals surface area contributed by atoms with Gasteiger partial charge in [0, 0.05) is 39.3 Å². The number of aromatic nitrogens is 2. The molecule has 114 valence electrons. The zero-order chi connectivity index (χ0) is 14.5. The van der Waals surface area contributed by atoms with E-state index >= 15 is 0 Å². The second-order valence-corrected chi connectivity index (χ2v) is 5.68. The number of rotatable bonds is 6. The van der Waals surface area contributed by atoms with Crippen molar-refractivity contribution in [2.24, 2.45) is 0 Å². The fourth-order valence-electron chi connectivity index (χ4n) is 2.72. The van der Waals surface area contributed by atoms with Gasteiger partial charge in [0.2, 0.25) is 0 Å². The predicted octanol–water partition coefficient (Wildman–Crippen LogP) is 1.30. The van der Waals surface area contributed by atoms with Gasteiger partial charge in [0.25, 0.3) is 0 Å². The lowest BCUT2D eigenvalue weighted by molar-refractivity contribution is 0.0344. The van der Waals surface area contributed by atoms with Crippen molar-refractivity contribution in [2.75, 3.05) is 53.0 Å². The van der Waals surface area contributed by atoms with Crippen LogP contribution in [0.5, 0.6) is 0 Å². The number of morpholine rings is 1. The van der Waals surface area contributed by atoms with Crippen LogP contribution in [0.15, 0.2) is 30.6 Å². The molecule has 0 saturated carbocycles. The highest BCUT2D eigenvalue weighted by atomic mass is 16.5. The Labute approximate surface area is 126 Å². The van der Waals surface area contributed by atoms with E-state index < -0.39 is 0 Å². The lowest BCUT2D eigenvalue weighted by Crippen LogP contribution is -2.41. The van der Waals surface area contributed by atoms with Crippen molar-refractivity contribution in [3.8, 4) is 0 Å². The minimum atomic E-state index is 0.880. The zero-order valence-corrected chi connectivity index (χ0v) is 12.7. The van der Waals surface area contributed by atoms with Gasteiger partial charge in [-0.1, -0.05) is 12.1 Å². The maximum Gasteiger partial charge on any atom is 0.0958 e. The summed E-state index contributed by atoms with van der Waals surface area (Å²) in [5.74, 6) is 0. The van der Waals surface area contributed by atoms with Crippen molar-refractivity contribution in [1.29, 1.82) is 0 Å². The molecule has 0 bridgehead atoms. The van der Waals surface area contributed by atoms with E-state index in [1.807, 2.05) is 12.4 Å². The molecule has 3 rings (SSSR count). The number of likely N-dealkylation sites (N-methyl/N-ethyl adjacent to an activating group) is 1. The van der Waals surface area contributed by atoms with E-state index in [4.69, 9.17) is 4.74 Å². The van der Waals surface area contributed by atoms with Crippen molar-refractivity contribution in [3.05, 3.63) is 30.6 Å². The standard InChI is InChI=1S/C16H24N4O/c1-18(6-8-19-10-12-21-13-11-19)7-9-20-14-17-15-4-2-3-5-16(15)20/h2-5,14H,6-13H2,1H3. The summed E-state index contributed by atoms with van der Waals surface area (Å²) >= 11 is 0. The van der Waals surface area contributed by atoms with Gasteiger partial charge in [-0.15, -0.1) is 0 Å². The largest absolute Gasteiger partial charge is 0.379 e. The second kappa shape index (κ2) is 7.02. The van der Waals surface area contributed by atoms with Crippen LogP contribution in [0.4, 0.5) is 0 Å². The first-order valence-corrected chi connectivity index (χ1v) is 7.71. The Bertz CT molecular complexity index is 562. The Kier molecular flexibility index (Phi) is 4.85. The maximum absolute atomic E-state index is 5.38. The second-order valence-electron chi connectivity index (χ2n) is 5.68. The topological polar surface area (TPSA) is 33.5 Å². The molecule has 5 nitrogen and oxygen atoms in total. The van der Waals surface area contributed by atoms with E-state index in [0.717, 1.165) is 58.0 Å². The van der Waals surface area contributed by atoms with Gasteiger partial charge in [-0.05, 0) is 19.2 Å². The predicted molar refractivity (Wildman–Crippen MR) is 84.5 cm³/mol. The highest BCUT2D eigenvalue weighted by molar-refractivity contribution is 5.74. The lowest BCUT2D eigenvalue weighted by Gasteiger charge is -2.28. The SMILES string of the molecule is CN(CCN1CCOCC1)CCn1cnc2ccccc21. The van der Waals surface area contributed by atoms with E-state index in [0.29, 0.717) is 0 Å². The van der Waals surface area contributed by atoms with Crippen molar-refractivity contribution in [3.63, 3.8) is 0 Å². The van der Waals surface area contributed by atoms with Gasteiger partial charge in [0.15, 0.2) is 0 Å². The maximum atomic E-state index is 5.38. The first kappa shape index (κ1) is 14.5. The van der Waals surface area contributed by atoms with E-state index in [1.165, 1.54) is 5.52 Å². The summed E-state index contributed by atoms with van der Waals surface area (Å²) in [6.07, 6.45) is 1.94. The van der Waals surface area contributed by atoms with Crippen LogP contribution in [0.1, 0.15) is 0 Å². The van der Waals surface area contributed by atoms with E-state index in [1.54, 1.807) is 0 Å². The molecule has 0 atom stereocenters. The zero-order valence-electron chi connectivity index (χ0n) is 12.7. The Hall–Kier alpha value is -1.43. The number of benzene rings is 1. The van der Waals surface area contributed by atoms with Gasteiger partial charge in [-0.25, -0.2) is 4.98 Å². The van der Waals surface area contributed by atoms with Gasteiger partial charge in [-0.2, -0.15) is 0 Å². The Morgan fingerprint density at radius 3 is 2.76 bits per heavy atom. The van der Waals surface area contributed by atoms with Crippen molar-refractivity contribution in [2.45, 2.75) is 6.54 Å². The number of ether oxygens (including phenoxy) is 1. The number of hydrogen-bond donors (Lipinski definition) is 0. The third-order valence-electron chi connectivity index (χ3n) is 4.15. The quantitative estimate of drug-likeness (QED) is 0.802. The molecule has 0 aliphatic carbocycles. The molecule has 2 heterocycles. The van der Waals surface area contributed by atoms with Crippen molar-refractivity contribution < 1.29 is 4.74 Å². The van der Waals surface area contributed by atoms with Crippen LogP contribution in [0.3, 0.4) is 0 Å². The van der Waals surface area contributed by atoms with Crippen LogP contribution in [0.2, 0.25) is 0 Å². The summed E-state index contributed by atoms with van der Waals surface area (Å²) < 4.78 is 7.61. The third kappa shape index (κ3) is 3.81. The van der Waals surface area contributed by atoms with Crippen LogP contribution in [0.25, 0.3) is 11.0 Å². The monoisotopic (exact) mass is 288 g/mol. The van der Waals surface area contributed by atoms with Crippen LogP contribution >= 0.6 is 0 Å². The fraction of sp³-hybridized carbons (Fsp3) is 0.562. The third-order valence-corrected chi connectivity index (χ3v) is 4.15. The summed E-state index contributed by atoms with van der Waals surface area (Å²) in [6, 6.07) is 8.31. The molecule has 1 aliphatic rings. The molecule has 1 aromatic heterocycles. The molecule has 21 heavy (non-hydrogen) atoms. The van der Waals surface area contributed by atoms with Crippen molar-refractivity contribution >= 4 is 11.0 Å². The number of nitrogens with zero attached hydrogens (tertiary/aromatic N) is 4. The molecule has 0 radical (unpaired) electrons. The normalized spacial score (nSPS) is 16.9. The molecular weight excluding hydrogens is 264 g/mol. The average Bonchev–Trinajstić information content (AvgIpc) is 2.95. The highest BCUT2D eigenvalue weighted by Gasteiger charge is 2.10. The Morgan fingerprint density at radius 2 is 1.90 bits per heavy atom. The first-order chi connectivity index (χ1) is 10.3. The molecular formula is C16H24N4O. The Morgan fingerprint density at radius 1 is 1.14 bits per heavy atom. The molecule has 0 unspecified atom stereocenters. The molecule has 0 amide bonds. The smallest absolute Gasteiger partial charge is 0.0958 e. The molecule has 1 aromatic carbocycles. The van der Waals surface area contributed by atoms with Gasteiger partial charge in [0.1, 0.15) is 0 Å². The van der Waals surface area contributed by atoms with Crippen molar-refractivity contribution in [1.82, 2.24) is 19.4 Å². The van der Waals surface area contributed by atoms with Gasteiger partial charge >= 0.3 is 0 Å². The van der Waals surface area contributed by atoms with Gasteiger partial charge in [-0.3, -0.25) is 4.90 Å². The van der Waals surface area contributed by atoms with Crippen LogP contribution in [-0.4, -0.2) is 72.3 Å². The summed E-state index contributed by atoms with van der Waals surface area (Å²) in [5, 5.41) is 0. The van der Waals surface area contributed by atoms with Crippen LogP contribution in [-0.2, 0) is 11.3 Å².